The molecule has 21 heavy (non-hydrogen) atoms. The predicted octanol–water partition coefficient (Wildman–Crippen LogP) is 1.04. The molecule has 1 aliphatic carbocycles. The van der Waals surface area contributed by atoms with Crippen LogP contribution in [0.2, 0.25) is 0 Å². The van der Waals surface area contributed by atoms with Gasteiger partial charge in [-0.15, -0.1) is 0 Å². The number of nitrogens with zero attached hydrogens (tertiary/aromatic N) is 1. The molecule has 0 spiro atoms. The fourth-order valence-corrected chi connectivity index (χ4v) is 2.40. The normalized spacial score (nSPS) is 22.8. The van der Waals surface area contributed by atoms with Gasteiger partial charge in [0.2, 0.25) is 0 Å². The number of hydrogen-bond donors (Lipinski definition) is 1. The molecule has 1 saturated carbocycles. The van der Waals surface area contributed by atoms with Gasteiger partial charge in [0.1, 0.15) is 18.5 Å². The first-order valence-corrected chi connectivity index (χ1v) is 7.63. The van der Waals surface area contributed by atoms with Crippen LogP contribution in [0.4, 0.5) is 0 Å². The molecule has 1 amide bonds. The molecule has 1 N–H and O–H groups in total. The van der Waals surface area contributed by atoms with Gasteiger partial charge in [0.05, 0.1) is 6.61 Å². The highest BCUT2D eigenvalue weighted by Gasteiger charge is 2.31. The van der Waals surface area contributed by atoms with Crippen molar-refractivity contribution in [2.45, 2.75) is 25.0 Å². The van der Waals surface area contributed by atoms with Crippen molar-refractivity contribution in [3.05, 3.63) is 30.3 Å². The number of amides is 1. The first-order chi connectivity index (χ1) is 10.3. The second-order valence-electron chi connectivity index (χ2n) is 5.60. The quantitative estimate of drug-likeness (QED) is 0.851. The molecule has 1 saturated heterocycles. The van der Waals surface area contributed by atoms with E-state index in [1.54, 1.807) is 0 Å². The maximum atomic E-state index is 12.0. The average Bonchev–Trinajstić information content (AvgIpc) is 3.33. The van der Waals surface area contributed by atoms with E-state index in [1.165, 1.54) is 0 Å². The molecule has 2 fully saturated rings. The van der Waals surface area contributed by atoms with Crippen LogP contribution >= 0.6 is 0 Å². The SMILES string of the molecule is O=C(NC1CC1)C1CN(CCOc2ccccc2)CCO1. The highest BCUT2D eigenvalue weighted by Crippen LogP contribution is 2.19. The van der Waals surface area contributed by atoms with Gasteiger partial charge in [-0.3, -0.25) is 9.69 Å². The van der Waals surface area contributed by atoms with Gasteiger partial charge in [-0.05, 0) is 25.0 Å². The van der Waals surface area contributed by atoms with Gasteiger partial charge < -0.3 is 14.8 Å². The molecule has 0 aromatic heterocycles. The van der Waals surface area contributed by atoms with E-state index in [0.29, 0.717) is 25.8 Å². The lowest BCUT2D eigenvalue weighted by molar-refractivity contribution is -0.138. The molecule has 3 rings (SSSR count). The number of nitrogens with one attached hydrogen (secondary N) is 1. The zero-order chi connectivity index (χ0) is 14.5. The van der Waals surface area contributed by atoms with E-state index < -0.39 is 0 Å². The van der Waals surface area contributed by atoms with Gasteiger partial charge in [0.25, 0.3) is 5.91 Å². The van der Waals surface area contributed by atoms with Gasteiger partial charge in [0.15, 0.2) is 0 Å². The number of morpholine rings is 1. The van der Waals surface area contributed by atoms with Crippen LogP contribution in [-0.4, -0.2) is 55.8 Å². The Morgan fingerprint density at radius 2 is 2.14 bits per heavy atom. The largest absolute Gasteiger partial charge is 0.492 e. The van der Waals surface area contributed by atoms with Crippen molar-refractivity contribution in [1.29, 1.82) is 0 Å². The third-order valence-corrected chi connectivity index (χ3v) is 3.79. The lowest BCUT2D eigenvalue weighted by Crippen LogP contribution is -2.51. The number of ether oxygens (including phenoxy) is 2. The Bertz CT molecular complexity index is 462. The Hall–Kier alpha value is -1.59. The first kappa shape index (κ1) is 14.4. The Balaban J connectivity index is 1.39. The van der Waals surface area contributed by atoms with E-state index >= 15 is 0 Å². The molecule has 114 valence electrons. The van der Waals surface area contributed by atoms with Gasteiger partial charge >= 0.3 is 0 Å². The minimum atomic E-state index is -0.337. The predicted molar refractivity (Wildman–Crippen MR) is 79.3 cm³/mol. The maximum absolute atomic E-state index is 12.0. The Labute approximate surface area is 125 Å². The van der Waals surface area contributed by atoms with Crippen LogP contribution in [-0.2, 0) is 9.53 Å². The van der Waals surface area contributed by atoms with Crippen LogP contribution in [0.5, 0.6) is 5.75 Å². The Morgan fingerprint density at radius 1 is 1.33 bits per heavy atom. The summed E-state index contributed by atoms with van der Waals surface area (Å²) < 4.78 is 11.3. The zero-order valence-electron chi connectivity index (χ0n) is 12.2. The number of benzene rings is 1. The van der Waals surface area contributed by atoms with Gasteiger partial charge in [-0.2, -0.15) is 0 Å². The first-order valence-electron chi connectivity index (χ1n) is 7.63. The molecule has 5 nitrogen and oxygen atoms in total. The molecule has 1 aliphatic heterocycles. The van der Waals surface area contributed by atoms with Crippen molar-refractivity contribution in [3.63, 3.8) is 0 Å². The number of para-hydroxylation sites is 1. The summed E-state index contributed by atoms with van der Waals surface area (Å²) in [6, 6.07) is 10.2. The zero-order valence-corrected chi connectivity index (χ0v) is 12.2. The number of carbonyl (C=O) groups is 1. The molecule has 1 heterocycles. The van der Waals surface area contributed by atoms with E-state index in [0.717, 1.165) is 31.7 Å². The lowest BCUT2D eigenvalue weighted by Gasteiger charge is -2.32. The summed E-state index contributed by atoms with van der Waals surface area (Å²) in [5, 5.41) is 3.00. The van der Waals surface area contributed by atoms with Crippen molar-refractivity contribution in [2.75, 3.05) is 32.8 Å². The van der Waals surface area contributed by atoms with E-state index in [2.05, 4.69) is 10.2 Å². The summed E-state index contributed by atoms with van der Waals surface area (Å²) in [6.07, 6.45) is 1.87. The molecular weight excluding hydrogens is 268 g/mol. The number of hydrogen-bond acceptors (Lipinski definition) is 4. The van der Waals surface area contributed by atoms with Crippen molar-refractivity contribution in [2.24, 2.45) is 0 Å². The fraction of sp³-hybridized carbons (Fsp3) is 0.562. The topological polar surface area (TPSA) is 50.8 Å². The Kier molecular flexibility index (Phi) is 4.72. The summed E-state index contributed by atoms with van der Waals surface area (Å²) in [5.41, 5.74) is 0. The molecule has 1 atom stereocenters. The lowest BCUT2D eigenvalue weighted by atomic mass is 10.2. The molecule has 0 radical (unpaired) electrons. The molecular formula is C16H22N2O3. The van der Waals surface area contributed by atoms with Crippen LogP contribution in [0.1, 0.15) is 12.8 Å². The second-order valence-corrected chi connectivity index (χ2v) is 5.60. The summed E-state index contributed by atoms with van der Waals surface area (Å²) in [4.78, 5) is 14.2. The molecule has 1 aromatic carbocycles. The van der Waals surface area contributed by atoms with Crippen molar-refractivity contribution in [3.8, 4) is 5.75 Å². The van der Waals surface area contributed by atoms with Crippen molar-refractivity contribution in [1.82, 2.24) is 10.2 Å². The minimum absolute atomic E-state index is 0.0335. The van der Waals surface area contributed by atoms with E-state index in [4.69, 9.17) is 9.47 Å². The minimum Gasteiger partial charge on any atom is -0.492 e. The standard InChI is InChI=1S/C16H22N2O3/c19-16(17-13-6-7-13)15-12-18(9-11-21-15)8-10-20-14-4-2-1-3-5-14/h1-5,13,15H,6-12H2,(H,17,19). The van der Waals surface area contributed by atoms with Crippen LogP contribution in [0.15, 0.2) is 30.3 Å². The van der Waals surface area contributed by atoms with Crippen LogP contribution < -0.4 is 10.1 Å². The smallest absolute Gasteiger partial charge is 0.250 e. The number of rotatable bonds is 6. The highest BCUT2D eigenvalue weighted by molar-refractivity contribution is 5.81. The van der Waals surface area contributed by atoms with Crippen molar-refractivity contribution < 1.29 is 14.3 Å². The van der Waals surface area contributed by atoms with Gasteiger partial charge in [-0.1, -0.05) is 18.2 Å². The summed E-state index contributed by atoms with van der Waals surface area (Å²) >= 11 is 0. The summed E-state index contributed by atoms with van der Waals surface area (Å²) in [5.74, 6) is 0.917. The van der Waals surface area contributed by atoms with Crippen molar-refractivity contribution >= 4 is 5.91 Å². The fourth-order valence-electron chi connectivity index (χ4n) is 2.40. The van der Waals surface area contributed by atoms with Crippen LogP contribution in [0.3, 0.4) is 0 Å². The van der Waals surface area contributed by atoms with Crippen LogP contribution in [0, 0.1) is 0 Å². The second kappa shape index (κ2) is 6.91. The summed E-state index contributed by atoms with van der Waals surface area (Å²) in [7, 11) is 0. The monoisotopic (exact) mass is 290 g/mol. The summed E-state index contributed by atoms with van der Waals surface area (Å²) in [6.45, 7) is 3.54. The third-order valence-electron chi connectivity index (χ3n) is 3.79. The average molecular weight is 290 g/mol. The Morgan fingerprint density at radius 3 is 2.90 bits per heavy atom. The van der Waals surface area contributed by atoms with Crippen LogP contribution in [0.25, 0.3) is 0 Å². The maximum Gasteiger partial charge on any atom is 0.250 e. The number of carbonyl (C=O) groups excluding carboxylic acids is 1. The van der Waals surface area contributed by atoms with E-state index in [1.807, 2.05) is 30.3 Å². The van der Waals surface area contributed by atoms with Gasteiger partial charge in [-0.25, -0.2) is 0 Å². The molecule has 5 heteroatoms. The highest BCUT2D eigenvalue weighted by atomic mass is 16.5. The molecule has 1 unspecified atom stereocenters. The van der Waals surface area contributed by atoms with E-state index in [9.17, 15) is 4.79 Å². The molecule has 2 aliphatic rings. The molecule has 0 bridgehead atoms. The van der Waals surface area contributed by atoms with E-state index in [-0.39, 0.29) is 12.0 Å². The third kappa shape index (κ3) is 4.44. The molecule has 1 aromatic rings. The van der Waals surface area contributed by atoms with Gasteiger partial charge in [0, 0.05) is 25.7 Å².